The van der Waals surface area contributed by atoms with Gasteiger partial charge in [0.15, 0.2) is 0 Å². The van der Waals surface area contributed by atoms with Crippen molar-refractivity contribution in [2.75, 3.05) is 5.32 Å². The lowest BCUT2D eigenvalue weighted by Gasteiger charge is -2.13. The van der Waals surface area contributed by atoms with E-state index in [1.165, 1.54) is 40.3 Å². The van der Waals surface area contributed by atoms with Crippen LogP contribution in [0.25, 0.3) is 16.5 Å². The van der Waals surface area contributed by atoms with Crippen LogP contribution in [0.5, 0.6) is 0 Å². The monoisotopic (exact) mass is 473 g/mol. The van der Waals surface area contributed by atoms with Crippen LogP contribution < -0.4 is 10.9 Å². The fourth-order valence-electron chi connectivity index (χ4n) is 3.27. The Morgan fingerprint density at radius 3 is 2.67 bits per heavy atom. The van der Waals surface area contributed by atoms with Crippen molar-refractivity contribution in [3.63, 3.8) is 0 Å². The summed E-state index contributed by atoms with van der Waals surface area (Å²) < 4.78 is 41.4. The average molecular weight is 473 g/mol. The fraction of sp³-hybridized carbons (Fsp3) is 0.182. The molecule has 0 bridgehead atoms. The molecule has 0 aliphatic heterocycles. The summed E-state index contributed by atoms with van der Waals surface area (Å²) in [7, 11) is 0. The molecule has 0 atom stereocenters. The Hall–Kier alpha value is -3.73. The van der Waals surface area contributed by atoms with Crippen LogP contribution in [-0.4, -0.2) is 25.7 Å². The number of H-pyrrole nitrogens is 1. The minimum atomic E-state index is -4.70. The molecule has 1 amide bonds. The highest BCUT2D eigenvalue weighted by Gasteiger charge is 2.35. The molecule has 0 spiro atoms. The van der Waals surface area contributed by atoms with E-state index in [1.54, 1.807) is 0 Å². The van der Waals surface area contributed by atoms with Crippen LogP contribution in [0, 0.1) is 0 Å². The van der Waals surface area contributed by atoms with Gasteiger partial charge in [0, 0.05) is 17.8 Å². The molecule has 3 heterocycles. The maximum atomic E-state index is 13.4. The first-order valence-corrected chi connectivity index (χ1v) is 10.9. The fourth-order valence-corrected chi connectivity index (χ4v) is 3.95. The van der Waals surface area contributed by atoms with Gasteiger partial charge in [-0.3, -0.25) is 14.6 Å². The predicted octanol–water partition coefficient (Wildman–Crippen LogP) is 4.91. The molecule has 0 fully saturated rings. The summed E-state index contributed by atoms with van der Waals surface area (Å²) in [5.41, 5.74) is -0.992. The molecule has 2 N–H and O–H groups in total. The number of carbonyl (C=O) groups excluding carboxylic acids is 1. The largest absolute Gasteiger partial charge is 0.417 e. The summed E-state index contributed by atoms with van der Waals surface area (Å²) >= 11 is 1.40. The van der Waals surface area contributed by atoms with Crippen LogP contribution in [0.1, 0.15) is 35.0 Å². The van der Waals surface area contributed by atoms with E-state index < -0.39 is 28.8 Å². The van der Waals surface area contributed by atoms with E-state index in [0.29, 0.717) is 17.8 Å². The number of aromatic nitrogens is 4. The van der Waals surface area contributed by atoms with Crippen LogP contribution in [-0.2, 0) is 12.6 Å². The van der Waals surface area contributed by atoms with Crippen molar-refractivity contribution in [3.8, 4) is 16.5 Å². The Balaban J connectivity index is 1.79. The lowest BCUT2D eigenvalue weighted by molar-refractivity contribution is -0.137. The molecule has 0 unspecified atom stereocenters. The Kier molecular flexibility index (Phi) is 6.14. The number of nitrogens with zero attached hydrogens (tertiary/aromatic N) is 3. The first-order chi connectivity index (χ1) is 15.8. The molecule has 0 radical (unpaired) electrons. The molecular weight excluding hydrogens is 455 g/mol. The van der Waals surface area contributed by atoms with E-state index in [2.05, 4.69) is 20.4 Å². The summed E-state index contributed by atoms with van der Waals surface area (Å²) in [6.45, 7) is 1.94. The second kappa shape index (κ2) is 9.02. The van der Waals surface area contributed by atoms with Crippen LogP contribution in [0.15, 0.2) is 58.7 Å². The van der Waals surface area contributed by atoms with Crippen LogP contribution in [0.3, 0.4) is 0 Å². The number of anilines is 1. The number of halogens is 3. The zero-order valence-electron chi connectivity index (χ0n) is 17.3. The number of amides is 1. The number of benzene rings is 1. The molecule has 33 heavy (non-hydrogen) atoms. The third-order valence-electron chi connectivity index (χ3n) is 4.69. The highest BCUT2D eigenvalue weighted by atomic mass is 32.1. The molecule has 3 aromatic heterocycles. The van der Waals surface area contributed by atoms with Gasteiger partial charge in [0.2, 0.25) is 5.95 Å². The number of carbonyl (C=O) groups is 1. The average Bonchev–Trinajstić information content (AvgIpc) is 3.43. The maximum Gasteiger partial charge on any atom is 0.417 e. The Morgan fingerprint density at radius 1 is 1.18 bits per heavy atom. The van der Waals surface area contributed by atoms with Gasteiger partial charge in [0.25, 0.3) is 11.5 Å². The molecule has 0 saturated heterocycles. The van der Waals surface area contributed by atoms with Crippen molar-refractivity contribution in [2.24, 2.45) is 0 Å². The highest BCUT2D eigenvalue weighted by Crippen LogP contribution is 2.33. The molecule has 4 rings (SSSR count). The number of aryl methyl sites for hydroxylation is 1. The molecule has 0 aliphatic rings. The molecule has 0 aliphatic carbocycles. The summed E-state index contributed by atoms with van der Waals surface area (Å²) in [4.78, 5) is 32.8. The standard InChI is InChI=1S/C22H18F3N5O2S/c1-2-6-13-11-19(31)28-21(26-13)30-18(12-16(29-30)17-9-5-10-33-17)27-20(32)14-7-3-4-8-15(14)22(23,24)25/h3-5,7-12H,2,6H2,1H3,(H,27,32)(H,26,28,31). The lowest BCUT2D eigenvalue weighted by Crippen LogP contribution is -2.21. The van der Waals surface area contributed by atoms with E-state index >= 15 is 0 Å². The van der Waals surface area contributed by atoms with Crippen molar-refractivity contribution in [2.45, 2.75) is 25.9 Å². The second-order valence-corrected chi connectivity index (χ2v) is 8.06. The van der Waals surface area contributed by atoms with Gasteiger partial charge in [-0.05, 0) is 30.0 Å². The van der Waals surface area contributed by atoms with E-state index in [1.807, 2.05) is 24.4 Å². The Labute approximate surface area is 189 Å². The third-order valence-corrected chi connectivity index (χ3v) is 5.58. The number of rotatable bonds is 6. The molecule has 0 saturated carbocycles. The number of hydrogen-bond acceptors (Lipinski definition) is 5. The number of hydrogen-bond donors (Lipinski definition) is 2. The normalized spacial score (nSPS) is 11.5. The summed E-state index contributed by atoms with van der Waals surface area (Å²) in [6.07, 6.45) is -3.39. The molecule has 1 aromatic carbocycles. The van der Waals surface area contributed by atoms with Gasteiger partial charge < -0.3 is 5.32 Å². The van der Waals surface area contributed by atoms with Gasteiger partial charge in [-0.1, -0.05) is 31.5 Å². The van der Waals surface area contributed by atoms with Crippen molar-refractivity contribution in [1.82, 2.24) is 19.7 Å². The predicted molar refractivity (Wildman–Crippen MR) is 119 cm³/mol. The SMILES string of the molecule is CCCc1cc(=O)[nH]c(-n2nc(-c3cccs3)cc2NC(=O)c2ccccc2C(F)(F)F)n1. The first kappa shape index (κ1) is 22.5. The molecular formula is C22H18F3N5O2S. The van der Waals surface area contributed by atoms with Crippen molar-refractivity contribution >= 4 is 23.1 Å². The van der Waals surface area contributed by atoms with E-state index in [0.717, 1.165) is 23.4 Å². The topological polar surface area (TPSA) is 92.7 Å². The Bertz CT molecular complexity index is 1340. The van der Waals surface area contributed by atoms with Crippen LogP contribution in [0.2, 0.25) is 0 Å². The molecule has 170 valence electrons. The van der Waals surface area contributed by atoms with Crippen molar-refractivity contribution in [3.05, 3.63) is 81.1 Å². The highest BCUT2D eigenvalue weighted by molar-refractivity contribution is 7.13. The molecule has 4 aromatic rings. The first-order valence-electron chi connectivity index (χ1n) is 9.98. The zero-order chi connectivity index (χ0) is 23.6. The van der Waals surface area contributed by atoms with Crippen molar-refractivity contribution < 1.29 is 18.0 Å². The third kappa shape index (κ3) is 4.87. The van der Waals surface area contributed by atoms with Crippen LogP contribution >= 0.6 is 11.3 Å². The number of aromatic amines is 1. The zero-order valence-corrected chi connectivity index (χ0v) is 18.1. The van der Waals surface area contributed by atoms with Gasteiger partial charge in [0.1, 0.15) is 11.5 Å². The number of nitrogens with one attached hydrogen (secondary N) is 2. The second-order valence-electron chi connectivity index (χ2n) is 7.11. The summed E-state index contributed by atoms with van der Waals surface area (Å²) in [6, 6.07) is 11.0. The van der Waals surface area contributed by atoms with Crippen LogP contribution in [0.4, 0.5) is 19.0 Å². The van der Waals surface area contributed by atoms with Gasteiger partial charge >= 0.3 is 6.18 Å². The van der Waals surface area contributed by atoms with Crippen molar-refractivity contribution in [1.29, 1.82) is 0 Å². The maximum absolute atomic E-state index is 13.4. The Morgan fingerprint density at radius 2 is 1.97 bits per heavy atom. The minimum Gasteiger partial charge on any atom is -0.306 e. The number of alkyl halides is 3. The van der Waals surface area contributed by atoms with Gasteiger partial charge in [0.05, 0.1) is 16.0 Å². The van der Waals surface area contributed by atoms with E-state index in [4.69, 9.17) is 0 Å². The summed E-state index contributed by atoms with van der Waals surface area (Å²) in [5, 5.41) is 8.78. The lowest BCUT2D eigenvalue weighted by atomic mass is 10.1. The number of thiophene rings is 1. The summed E-state index contributed by atoms with van der Waals surface area (Å²) in [5.74, 6) is -0.848. The quantitative estimate of drug-likeness (QED) is 0.416. The minimum absolute atomic E-state index is 0.0492. The van der Waals surface area contributed by atoms with E-state index in [-0.39, 0.29) is 11.8 Å². The van der Waals surface area contributed by atoms with E-state index in [9.17, 15) is 22.8 Å². The van der Waals surface area contributed by atoms with Gasteiger partial charge in [-0.25, -0.2) is 4.98 Å². The van der Waals surface area contributed by atoms with Gasteiger partial charge in [-0.2, -0.15) is 23.0 Å². The van der Waals surface area contributed by atoms with Gasteiger partial charge in [-0.15, -0.1) is 11.3 Å². The molecule has 7 nitrogen and oxygen atoms in total. The smallest absolute Gasteiger partial charge is 0.306 e. The molecule has 11 heteroatoms.